The van der Waals surface area contributed by atoms with Gasteiger partial charge in [-0.2, -0.15) is 0 Å². The maximum atomic E-state index is 11.4. The number of ether oxygens (including phenoxy) is 3. The third-order valence-corrected chi connectivity index (χ3v) is 2.33. The second-order valence-electron chi connectivity index (χ2n) is 4.22. The Morgan fingerprint density at radius 1 is 1.53 bits per heavy atom. The number of hydrogen-bond acceptors (Lipinski definition) is 5. The molecule has 1 aliphatic rings. The van der Waals surface area contributed by atoms with Gasteiger partial charge in [0.05, 0.1) is 12.0 Å². The van der Waals surface area contributed by atoms with Crippen LogP contribution in [0.2, 0.25) is 0 Å². The lowest BCUT2D eigenvalue weighted by molar-refractivity contribution is -0.201. The van der Waals surface area contributed by atoms with Crippen molar-refractivity contribution in [1.82, 2.24) is 0 Å². The molecule has 1 N–H and O–H groups in total. The van der Waals surface area contributed by atoms with Crippen LogP contribution in [-0.4, -0.2) is 35.9 Å². The van der Waals surface area contributed by atoms with Gasteiger partial charge in [-0.1, -0.05) is 0 Å². The van der Waals surface area contributed by atoms with Gasteiger partial charge in [-0.15, -0.1) is 0 Å². The molecule has 88 valence electrons. The molecular formula is C10H18O5. The summed E-state index contributed by atoms with van der Waals surface area (Å²) in [7, 11) is 0. The van der Waals surface area contributed by atoms with Gasteiger partial charge in [0.15, 0.2) is 5.79 Å². The molecule has 0 aromatic carbocycles. The smallest absolute Gasteiger partial charge is 0.313 e. The van der Waals surface area contributed by atoms with Crippen LogP contribution in [0.5, 0.6) is 0 Å². The third-order valence-electron chi connectivity index (χ3n) is 2.33. The summed E-state index contributed by atoms with van der Waals surface area (Å²) in [6, 6.07) is 0. The summed E-state index contributed by atoms with van der Waals surface area (Å²) in [5.74, 6) is -1.74. The average Bonchev–Trinajstić information content (AvgIpc) is 2.43. The zero-order valence-corrected chi connectivity index (χ0v) is 9.52. The number of aliphatic hydroxyl groups excluding tert-OH is 1. The summed E-state index contributed by atoms with van der Waals surface area (Å²) in [5, 5.41) is 9.19. The van der Waals surface area contributed by atoms with Crippen LogP contribution in [0, 0.1) is 5.92 Å². The van der Waals surface area contributed by atoms with Crippen molar-refractivity contribution >= 4 is 5.97 Å². The van der Waals surface area contributed by atoms with Crippen molar-refractivity contribution in [2.24, 2.45) is 5.92 Å². The van der Waals surface area contributed by atoms with Crippen LogP contribution in [0.25, 0.3) is 0 Å². The Hall–Kier alpha value is -0.650. The molecule has 0 aromatic rings. The highest BCUT2D eigenvalue weighted by atomic mass is 16.8. The van der Waals surface area contributed by atoms with Gasteiger partial charge in [0.25, 0.3) is 0 Å². The van der Waals surface area contributed by atoms with Crippen LogP contribution in [0.1, 0.15) is 27.7 Å². The monoisotopic (exact) mass is 218 g/mol. The van der Waals surface area contributed by atoms with Crippen molar-refractivity contribution in [3.05, 3.63) is 0 Å². The van der Waals surface area contributed by atoms with Crippen LogP contribution in [0.4, 0.5) is 0 Å². The number of carbonyl (C=O) groups is 1. The molecule has 0 spiro atoms. The first kappa shape index (κ1) is 12.4. The second kappa shape index (κ2) is 4.47. The van der Waals surface area contributed by atoms with Gasteiger partial charge in [-0.05, 0) is 27.7 Å². The van der Waals surface area contributed by atoms with E-state index in [4.69, 9.17) is 14.2 Å². The van der Waals surface area contributed by atoms with Crippen LogP contribution >= 0.6 is 0 Å². The number of carbonyl (C=O) groups excluding carboxylic acids is 1. The minimum Gasteiger partial charge on any atom is -0.433 e. The first-order valence-corrected chi connectivity index (χ1v) is 5.02. The van der Waals surface area contributed by atoms with Gasteiger partial charge in [0.2, 0.25) is 6.29 Å². The van der Waals surface area contributed by atoms with Crippen molar-refractivity contribution in [3.8, 4) is 0 Å². The molecule has 0 aliphatic carbocycles. The van der Waals surface area contributed by atoms with E-state index in [0.717, 1.165) is 0 Å². The zero-order chi connectivity index (χ0) is 11.6. The van der Waals surface area contributed by atoms with Crippen molar-refractivity contribution in [3.63, 3.8) is 0 Å². The van der Waals surface area contributed by atoms with Gasteiger partial charge in [-0.25, -0.2) is 0 Å². The molecule has 1 aliphatic heterocycles. The predicted molar refractivity (Wildman–Crippen MR) is 51.8 cm³/mol. The van der Waals surface area contributed by atoms with Gasteiger partial charge in [-0.3, -0.25) is 4.79 Å². The lowest BCUT2D eigenvalue weighted by atomic mass is 10.1. The van der Waals surface area contributed by atoms with Crippen LogP contribution in [0.15, 0.2) is 0 Å². The number of aliphatic hydroxyl groups is 1. The summed E-state index contributed by atoms with van der Waals surface area (Å²) in [4.78, 5) is 11.4. The molecule has 0 aromatic heterocycles. The molecule has 0 radical (unpaired) electrons. The molecule has 1 fully saturated rings. The van der Waals surface area contributed by atoms with E-state index in [2.05, 4.69) is 0 Å². The Bertz CT molecular complexity index is 236. The summed E-state index contributed by atoms with van der Waals surface area (Å²) in [6.45, 7) is 6.87. The van der Waals surface area contributed by atoms with Crippen molar-refractivity contribution in [2.45, 2.75) is 45.9 Å². The number of esters is 1. The Balaban J connectivity index is 2.40. The Kier molecular flexibility index (Phi) is 3.70. The highest BCUT2D eigenvalue weighted by Crippen LogP contribution is 2.23. The highest BCUT2D eigenvalue weighted by Gasteiger charge is 2.36. The van der Waals surface area contributed by atoms with Crippen molar-refractivity contribution in [1.29, 1.82) is 0 Å². The SMILES string of the molecule is CC(O)C(C)C(=O)OC1COC(C)(C)O1. The van der Waals surface area contributed by atoms with Crippen molar-refractivity contribution in [2.75, 3.05) is 6.61 Å². The first-order chi connectivity index (χ1) is 6.82. The molecule has 3 unspecified atom stereocenters. The van der Waals surface area contributed by atoms with Gasteiger partial charge < -0.3 is 19.3 Å². The van der Waals surface area contributed by atoms with E-state index in [1.165, 1.54) is 0 Å². The van der Waals surface area contributed by atoms with E-state index in [9.17, 15) is 9.90 Å². The van der Waals surface area contributed by atoms with Crippen LogP contribution < -0.4 is 0 Å². The quantitative estimate of drug-likeness (QED) is 0.705. The maximum absolute atomic E-state index is 11.4. The molecule has 15 heavy (non-hydrogen) atoms. The van der Waals surface area contributed by atoms with Crippen LogP contribution in [-0.2, 0) is 19.0 Å². The van der Waals surface area contributed by atoms with Crippen LogP contribution in [0.3, 0.4) is 0 Å². The van der Waals surface area contributed by atoms with E-state index in [1.807, 2.05) is 0 Å². The topological polar surface area (TPSA) is 65.0 Å². The Morgan fingerprint density at radius 3 is 2.53 bits per heavy atom. The fourth-order valence-corrected chi connectivity index (χ4v) is 1.15. The minimum absolute atomic E-state index is 0.227. The molecule has 5 heteroatoms. The summed E-state index contributed by atoms with van der Waals surface area (Å²) >= 11 is 0. The fourth-order valence-electron chi connectivity index (χ4n) is 1.15. The van der Waals surface area contributed by atoms with Gasteiger partial charge in [0.1, 0.15) is 6.61 Å². The normalized spacial score (nSPS) is 28.5. The Labute approximate surface area is 89.3 Å². The average molecular weight is 218 g/mol. The van der Waals surface area contributed by atoms with Gasteiger partial charge >= 0.3 is 5.97 Å². The van der Waals surface area contributed by atoms with Crippen molar-refractivity contribution < 1.29 is 24.1 Å². The van der Waals surface area contributed by atoms with E-state index in [0.29, 0.717) is 0 Å². The summed E-state index contributed by atoms with van der Waals surface area (Å²) in [6.07, 6.45) is -1.40. The number of hydrogen-bond donors (Lipinski definition) is 1. The third kappa shape index (κ3) is 3.44. The maximum Gasteiger partial charge on any atom is 0.313 e. The number of rotatable bonds is 3. The Morgan fingerprint density at radius 2 is 2.13 bits per heavy atom. The summed E-state index contributed by atoms with van der Waals surface area (Å²) in [5.41, 5.74) is 0. The molecule has 0 bridgehead atoms. The summed E-state index contributed by atoms with van der Waals surface area (Å²) < 4.78 is 15.6. The molecule has 5 nitrogen and oxygen atoms in total. The lowest BCUT2D eigenvalue weighted by Gasteiger charge is -2.19. The first-order valence-electron chi connectivity index (χ1n) is 5.02. The molecule has 3 atom stereocenters. The van der Waals surface area contributed by atoms with E-state index < -0.39 is 30.1 Å². The van der Waals surface area contributed by atoms with E-state index in [1.54, 1.807) is 27.7 Å². The minimum atomic E-state index is -0.729. The molecule has 0 amide bonds. The predicted octanol–water partition coefficient (Wildman–Crippen LogP) is 0.655. The van der Waals surface area contributed by atoms with E-state index >= 15 is 0 Å². The lowest BCUT2D eigenvalue weighted by Crippen LogP contribution is -2.31. The standard InChI is InChI=1S/C10H18O5/c1-6(7(2)11)9(12)14-8-5-13-10(3,4)15-8/h6-8,11H,5H2,1-4H3. The molecule has 1 rings (SSSR count). The molecular weight excluding hydrogens is 200 g/mol. The molecule has 0 saturated carbocycles. The largest absolute Gasteiger partial charge is 0.433 e. The van der Waals surface area contributed by atoms with E-state index in [-0.39, 0.29) is 6.61 Å². The molecule has 1 heterocycles. The second-order valence-corrected chi connectivity index (χ2v) is 4.22. The zero-order valence-electron chi connectivity index (χ0n) is 9.52. The highest BCUT2D eigenvalue weighted by molar-refractivity contribution is 5.72. The van der Waals surface area contributed by atoms with Gasteiger partial charge in [0, 0.05) is 0 Å². The fraction of sp³-hybridized carbons (Fsp3) is 0.900. The molecule has 1 saturated heterocycles.